The first-order valence-corrected chi connectivity index (χ1v) is 11.4. The van der Waals surface area contributed by atoms with Crippen LogP contribution in [0.1, 0.15) is 37.3 Å². The van der Waals surface area contributed by atoms with E-state index in [4.69, 9.17) is 0 Å². The summed E-state index contributed by atoms with van der Waals surface area (Å²) in [4.78, 5) is 11.7. The average Bonchev–Trinajstić information content (AvgIpc) is 2.63. The first kappa shape index (κ1) is 19.6. The number of benzene rings is 2. The fraction of sp³-hybridized carbons (Fsp3) is 0.304. The molecule has 25 heavy (non-hydrogen) atoms. The van der Waals surface area contributed by atoms with Gasteiger partial charge < -0.3 is 0 Å². The van der Waals surface area contributed by atoms with Crippen molar-refractivity contribution in [2.45, 2.75) is 39.0 Å². The zero-order valence-electron chi connectivity index (χ0n) is 15.4. The third-order valence-corrected chi connectivity index (χ3v) is 8.42. The van der Waals surface area contributed by atoms with Gasteiger partial charge in [0.15, 0.2) is 0 Å². The van der Waals surface area contributed by atoms with Gasteiger partial charge in [-0.2, -0.15) is 0 Å². The van der Waals surface area contributed by atoms with E-state index in [1.165, 1.54) is 24.0 Å². The van der Waals surface area contributed by atoms with E-state index in [-0.39, 0.29) is 0 Å². The molecule has 0 atom stereocenters. The Morgan fingerprint density at radius 1 is 0.800 bits per heavy atom. The Bertz CT molecular complexity index is 617. The van der Waals surface area contributed by atoms with E-state index in [0.29, 0.717) is 0 Å². The fourth-order valence-corrected chi connectivity index (χ4v) is 6.36. The fourth-order valence-electron chi connectivity index (χ4n) is 3.25. The Hall–Kier alpha value is -1.69. The first-order valence-electron chi connectivity index (χ1n) is 9.27. The van der Waals surface area contributed by atoms with Crippen molar-refractivity contribution in [2.24, 2.45) is 0 Å². The first-order chi connectivity index (χ1) is 12.1. The topological polar surface area (TPSA) is 20.2 Å². The van der Waals surface area contributed by atoms with Crippen LogP contribution in [0, 0.1) is 0 Å². The van der Waals surface area contributed by atoms with Crippen LogP contribution in [0.2, 0.25) is 0 Å². The van der Waals surface area contributed by atoms with Gasteiger partial charge in [0.2, 0.25) is 0 Å². The van der Waals surface area contributed by atoms with Crippen LogP contribution in [-0.2, 0) is 12.8 Å². The summed E-state index contributed by atoms with van der Waals surface area (Å²) in [5, 5.41) is 2.21. The maximum atomic E-state index is 11.7. The monoisotopic (exact) mass is 354 g/mol. The van der Waals surface area contributed by atoms with E-state index < -0.39 is 7.49 Å². The molecule has 2 aromatic carbocycles. The summed E-state index contributed by atoms with van der Waals surface area (Å²) in [6.07, 6.45) is 9.85. The molecule has 0 radical (unpaired) electrons. The molecule has 0 unspecified atom stereocenters. The van der Waals surface area contributed by atoms with Gasteiger partial charge in [0.25, 0.3) is 0 Å². The van der Waals surface area contributed by atoms with Gasteiger partial charge in [-0.3, -0.25) is 0 Å². The second-order valence-corrected chi connectivity index (χ2v) is 10.1. The van der Waals surface area contributed by atoms with Crippen molar-refractivity contribution in [1.29, 1.82) is 0 Å². The molecule has 0 aliphatic rings. The van der Waals surface area contributed by atoms with Gasteiger partial charge in [-0.25, -0.2) is 0 Å². The summed E-state index contributed by atoms with van der Waals surface area (Å²) in [7, 11) is -2.68. The molecule has 0 fully saturated rings. The van der Waals surface area contributed by atoms with Gasteiger partial charge in [-0.15, -0.1) is 0 Å². The van der Waals surface area contributed by atoms with Gasteiger partial charge in [0.1, 0.15) is 0 Å². The Labute approximate surface area is 153 Å². The summed E-state index contributed by atoms with van der Waals surface area (Å²) in [5.41, 5.74) is 2.48. The number of hydrogen-bond donors (Lipinski definition) is 1. The SMILES string of the molecule is C=CCc1ccc([PH](O)(CCCCC)c2ccc(CC=C)cc2)cc1. The molecule has 0 amide bonds. The Kier molecular flexibility index (Phi) is 7.62. The van der Waals surface area contributed by atoms with Crippen molar-refractivity contribution < 1.29 is 4.89 Å². The zero-order valence-corrected chi connectivity index (χ0v) is 16.4. The molecular weight excluding hydrogens is 323 g/mol. The van der Waals surface area contributed by atoms with Crippen LogP contribution in [0.5, 0.6) is 0 Å². The quantitative estimate of drug-likeness (QED) is 0.364. The van der Waals surface area contributed by atoms with E-state index in [1.807, 2.05) is 12.2 Å². The molecule has 2 rings (SSSR count). The van der Waals surface area contributed by atoms with Crippen LogP contribution in [0.4, 0.5) is 0 Å². The van der Waals surface area contributed by atoms with Gasteiger partial charge in [-0.05, 0) is 0 Å². The molecule has 2 heteroatoms. The number of hydrogen-bond acceptors (Lipinski definition) is 1. The summed E-state index contributed by atoms with van der Waals surface area (Å²) < 4.78 is 0. The van der Waals surface area contributed by atoms with E-state index in [0.717, 1.165) is 36.0 Å². The molecule has 0 aromatic heterocycles. The van der Waals surface area contributed by atoms with Crippen molar-refractivity contribution in [1.82, 2.24) is 0 Å². The molecule has 0 bridgehead atoms. The number of unbranched alkanes of at least 4 members (excludes halogenated alkanes) is 2. The minimum atomic E-state index is -2.68. The molecule has 0 heterocycles. The van der Waals surface area contributed by atoms with E-state index in [9.17, 15) is 4.89 Å². The van der Waals surface area contributed by atoms with Crippen LogP contribution in [0.25, 0.3) is 0 Å². The Balaban J connectivity index is 2.34. The summed E-state index contributed by atoms with van der Waals surface area (Å²) >= 11 is 0. The average molecular weight is 354 g/mol. The van der Waals surface area contributed by atoms with Crippen molar-refractivity contribution in [3.05, 3.63) is 85.0 Å². The van der Waals surface area contributed by atoms with Gasteiger partial charge in [0.05, 0.1) is 0 Å². The maximum absolute atomic E-state index is 11.7. The molecule has 0 saturated heterocycles. The molecule has 0 aliphatic carbocycles. The second-order valence-electron chi connectivity index (χ2n) is 6.70. The van der Waals surface area contributed by atoms with Crippen LogP contribution in [0.15, 0.2) is 73.8 Å². The molecule has 1 nitrogen and oxygen atoms in total. The van der Waals surface area contributed by atoms with E-state index in [1.54, 1.807) is 0 Å². The molecule has 0 saturated carbocycles. The van der Waals surface area contributed by atoms with Crippen LogP contribution >= 0.6 is 7.49 Å². The number of allylic oxidation sites excluding steroid dienone is 2. The molecule has 0 spiro atoms. The van der Waals surface area contributed by atoms with E-state index in [2.05, 4.69) is 68.6 Å². The van der Waals surface area contributed by atoms with Crippen molar-refractivity contribution in [2.75, 3.05) is 6.16 Å². The summed E-state index contributed by atoms with van der Waals surface area (Å²) in [6.45, 7) is 9.80. The molecule has 1 N–H and O–H groups in total. The van der Waals surface area contributed by atoms with Crippen LogP contribution in [0.3, 0.4) is 0 Å². The zero-order chi connectivity index (χ0) is 18.1. The molecule has 2 aromatic rings. The predicted molar refractivity (Wildman–Crippen MR) is 115 cm³/mol. The number of rotatable bonds is 10. The van der Waals surface area contributed by atoms with Crippen LogP contribution < -0.4 is 10.6 Å². The molecule has 0 aliphatic heterocycles. The molecule has 134 valence electrons. The second kappa shape index (κ2) is 9.70. The molecular formula is C23H31OP. The van der Waals surface area contributed by atoms with Gasteiger partial charge in [-0.1, -0.05) is 0 Å². The van der Waals surface area contributed by atoms with Crippen molar-refractivity contribution in [3.63, 3.8) is 0 Å². The third kappa shape index (κ3) is 5.14. The van der Waals surface area contributed by atoms with Crippen molar-refractivity contribution in [3.8, 4) is 0 Å². The van der Waals surface area contributed by atoms with Crippen molar-refractivity contribution >= 4 is 18.1 Å². The summed E-state index contributed by atoms with van der Waals surface area (Å²) in [6, 6.07) is 17.0. The Morgan fingerprint density at radius 3 is 1.60 bits per heavy atom. The predicted octanol–water partition coefficient (Wildman–Crippen LogP) is 4.94. The van der Waals surface area contributed by atoms with Gasteiger partial charge >= 0.3 is 153 Å². The third-order valence-electron chi connectivity index (χ3n) is 4.77. The van der Waals surface area contributed by atoms with Gasteiger partial charge in [0, 0.05) is 0 Å². The van der Waals surface area contributed by atoms with E-state index >= 15 is 0 Å². The standard InChI is InChI=1S/C23H31OP/c1-4-7-8-19-25(24,22-15-11-20(9-5-2)12-16-22)23-17-13-21(10-6-3)14-18-23/h5-6,11-18,24-25H,2-4,7-10,19H2,1H3. The minimum absolute atomic E-state index is 0.867. The Morgan fingerprint density at radius 2 is 1.24 bits per heavy atom. The normalized spacial score (nSPS) is 11.9. The summed E-state index contributed by atoms with van der Waals surface area (Å²) in [5.74, 6) is 0. The van der Waals surface area contributed by atoms with Crippen LogP contribution in [-0.4, -0.2) is 11.1 Å².